The van der Waals surface area contributed by atoms with E-state index < -0.39 is 17.2 Å². The SMILES string of the molecule is Cn1c(=O)c(C(=O)N2CCN(C3CCCCC3)CC2)nn(-c2ccc(Cl)cc2)c1=O. The maximum atomic E-state index is 13.1. The Balaban J connectivity index is 1.56. The van der Waals surface area contributed by atoms with Crippen molar-refractivity contribution in [1.82, 2.24) is 24.1 Å². The van der Waals surface area contributed by atoms with E-state index in [1.54, 1.807) is 29.2 Å². The second-order valence-electron chi connectivity index (χ2n) is 8.00. The molecule has 1 aliphatic carbocycles. The van der Waals surface area contributed by atoms with Crippen LogP contribution in [-0.2, 0) is 7.05 Å². The van der Waals surface area contributed by atoms with Gasteiger partial charge in [-0.25, -0.2) is 4.79 Å². The molecule has 0 N–H and O–H groups in total. The minimum absolute atomic E-state index is 0.238. The molecule has 1 amide bonds. The van der Waals surface area contributed by atoms with Crippen molar-refractivity contribution in [2.75, 3.05) is 26.2 Å². The summed E-state index contributed by atoms with van der Waals surface area (Å²) in [6.07, 6.45) is 6.31. The molecule has 0 unspecified atom stereocenters. The number of hydrogen-bond acceptors (Lipinski definition) is 5. The minimum atomic E-state index is -0.676. The molecule has 2 fully saturated rings. The van der Waals surface area contributed by atoms with Crippen LogP contribution in [0.2, 0.25) is 5.02 Å². The molecule has 0 bridgehead atoms. The molecule has 1 saturated carbocycles. The second kappa shape index (κ2) is 8.73. The lowest BCUT2D eigenvalue weighted by molar-refractivity contribution is 0.0514. The summed E-state index contributed by atoms with van der Waals surface area (Å²) in [5, 5.41) is 4.66. The first-order chi connectivity index (χ1) is 14.5. The fourth-order valence-electron chi connectivity index (χ4n) is 4.34. The molecular weight excluding hydrogens is 406 g/mol. The Labute approximate surface area is 179 Å². The third-order valence-corrected chi connectivity index (χ3v) is 6.39. The predicted octanol–water partition coefficient (Wildman–Crippen LogP) is 1.68. The highest BCUT2D eigenvalue weighted by Gasteiger charge is 2.30. The van der Waals surface area contributed by atoms with Gasteiger partial charge in [0.15, 0.2) is 0 Å². The number of carbonyl (C=O) groups excluding carboxylic acids is 1. The summed E-state index contributed by atoms with van der Waals surface area (Å²) in [6, 6.07) is 7.11. The first kappa shape index (κ1) is 20.8. The van der Waals surface area contributed by atoms with Crippen LogP contribution < -0.4 is 11.2 Å². The summed E-state index contributed by atoms with van der Waals surface area (Å²) in [6.45, 7) is 2.71. The molecule has 2 heterocycles. The Hall–Kier alpha value is -2.45. The quantitative estimate of drug-likeness (QED) is 0.738. The van der Waals surface area contributed by atoms with Crippen LogP contribution in [0.5, 0.6) is 0 Å². The van der Waals surface area contributed by atoms with Crippen LogP contribution in [0.15, 0.2) is 33.9 Å². The zero-order valence-electron chi connectivity index (χ0n) is 17.1. The second-order valence-corrected chi connectivity index (χ2v) is 8.44. The highest BCUT2D eigenvalue weighted by atomic mass is 35.5. The fraction of sp³-hybridized carbons (Fsp3) is 0.524. The largest absolute Gasteiger partial charge is 0.351 e. The van der Waals surface area contributed by atoms with Crippen molar-refractivity contribution in [3.63, 3.8) is 0 Å². The van der Waals surface area contributed by atoms with E-state index in [1.165, 1.54) is 39.2 Å². The Morgan fingerprint density at radius 1 is 1.00 bits per heavy atom. The minimum Gasteiger partial charge on any atom is -0.335 e. The lowest BCUT2D eigenvalue weighted by Gasteiger charge is -2.40. The summed E-state index contributed by atoms with van der Waals surface area (Å²) in [4.78, 5) is 42.4. The maximum absolute atomic E-state index is 13.1. The third kappa shape index (κ3) is 4.06. The number of hydrogen-bond donors (Lipinski definition) is 0. The number of nitrogens with zero attached hydrogens (tertiary/aromatic N) is 5. The van der Waals surface area contributed by atoms with Crippen LogP contribution in [-0.4, -0.2) is 62.3 Å². The lowest BCUT2D eigenvalue weighted by Crippen LogP contribution is -2.54. The van der Waals surface area contributed by atoms with Crippen LogP contribution >= 0.6 is 11.6 Å². The molecule has 2 aromatic rings. The van der Waals surface area contributed by atoms with Crippen molar-refractivity contribution in [3.8, 4) is 5.69 Å². The average molecular weight is 432 g/mol. The zero-order valence-corrected chi connectivity index (χ0v) is 17.8. The van der Waals surface area contributed by atoms with Gasteiger partial charge in [0.2, 0.25) is 5.69 Å². The smallest absolute Gasteiger partial charge is 0.335 e. The number of halogens is 1. The molecule has 30 heavy (non-hydrogen) atoms. The van der Waals surface area contributed by atoms with Crippen LogP contribution in [0.4, 0.5) is 0 Å². The van der Waals surface area contributed by atoms with Gasteiger partial charge in [0.1, 0.15) is 0 Å². The molecule has 0 radical (unpaired) electrons. The van der Waals surface area contributed by atoms with Crippen molar-refractivity contribution in [3.05, 3.63) is 55.8 Å². The van der Waals surface area contributed by atoms with E-state index in [2.05, 4.69) is 10.00 Å². The normalized spacial score (nSPS) is 18.5. The van der Waals surface area contributed by atoms with E-state index in [4.69, 9.17) is 11.6 Å². The molecule has 1 aromatic heterocycles. The van der Waals surface area contributed by atoms with E-state index in [0.29, 0.717) is 29.8 Å². The highest BCUT2D eigenvalue weighted by molar-refractivity contribution is 6.30. The standard InChI is InChI=1S/C21H26ClN5O3/c1-24-19(28)18(23-27(21(24)30)17-9-7-15(22)8-10-17)20(29)26-13-11-25(12-14-26)16-5-3-2-4-6-16/h7-10,16H,2-6,11-14H2,1H3. The van der Waals surface area contributed by atoms with E-state index in [9.17, 15) is 14.4 Å². The van der Waals surface area contributed by atoms with Gasteiger partial charge < -0.3 is 4.90 Å². The Morgan fingerprint density at radius 3 is 2.27 bits per heavy atom. The van der Waals surface area contributed by atoms with Crippen molar-refractivity contribution in [2.24, 2.45) is 7.05 Å². The van der Waals surface area contributed by atoms with Crippen LogP contribution in [0.25, 0.3) is 5.69 Å². The van der Waals surface area contributed by atoms with Gasteiger partial charge in [-0.3, -0.25) is 19.1 Å². The van der Waals surface area contributed by atoms with E-state index in [-0.39, 0.29) is 5.69 Å². The van der Waals surface area contributed by atoms with Gasteiger partial charge in [-0.2, -0.15) is 9.78 Å². The third-order valence-electron chi connectivity index (χ3n) is 6.14. The van der Waals surface area contributed by atoms with Crippen LogP contribution in [0, 0.1) is 0 Å². The molecule has 160 valence electrons. The Bertz CT molecular complexity index is 1030. The monoisotopic (exact) mass is 431 g/mol. The topological polar surface area (TPSA) is 80.4 Å². The molecule has 1 saturated heterocycles. The number of benzene rings is 1. The number of carbonyl (C=O) groups is 1. The molecule has 2 aliphatic rings. The summed E-state index contributed by atoms with van der Waals surface area (Å²) in [7, 11) is 1.36. The first-order valence-corrected chi connectivity index (χ1v) is 10.8. The summed E-state index contributed by atoms with van der Waals surface area (Å²) >= 11 is 5.92. The van der Waals surface area contributed by atoms with E-state index in [0.717, 1.165) is 22.3 Å². The molecular formula is C21H26ClN5O3. The first-order valence-electron chi connectivity index (χ1n) is 10.5. The molecule has 1 aliphatic heterocycles. The summed E-state index contributed by atoms with van der Waals surface area (Å²) in [5.74, 6) is -0.429. The van der Waals surface area contributed by atoms with Crippen molar-refractivity contribution < 1.29 is 4.79 Å². The summed E-state index contributed by atoms with van der Waals surface area (Å²) < 4.78 is 2.00. The predicted molar refractivity (Wildman–Crippen MR) is 114 cm³/mol. The zero-order chi connectivity index (χ0) is 21.3. The van der Waals surface area contributed by atoms with Crippen molar-refractivity contribution in [1.29, 1.82) is 0 Å². The Kier molecular flexibility index (Phi) is 6.06. The number of aromatic nitrogens is 3. The van der Waals surface area contributed by atoms with Gasteiger partial charge in [-0.05, 0) is 37.1 Å². The van der Waals surface area contributed by atoms with E-state index >= 15 is 0 Å². The van der Waals surface area contributed by atoms with Gasteiger partial charge in [0.25, 0.3) is 11.5 Å². The van der Waals surface area contributed by atoms with Crippen molar-refractivity contribution >= 4 is 17.5 Å². The molecule has 1 aromatic carbocycles. The van der Waals surface area contributed by atoms with Crippen LogP contribution in [0.1, 0.15) is 42.6 Å². The lowest BCUT2D eigenvalue weighted by atomic mass is 9.94. The molecule has 4 rings (SSSR count). The van der Waals surface area contributed by atoms with Gasteiger partial charge in [-0.1, -0.05) is 30.9 Å². The average Bonchev–Trinajstić information content (AvgIpc) is 2.79. The maximum Gasteiger partial charge on any atom is 0.351 e. The van der Waals surface area contributed by atoms with Crippen molar-refractivity contribution in [2.45, 2.75) is 38.1 Å². The number of piperazine rings is 1. The summed E-state index contributed by atoms with van der Waals surface area (Å²) in [5.41, 5.74) is -1.08. The number of amides is 1. The molecule has 0 spiro atoms. The van der Waals surface area contributed by atoms with Gasteiger partial charge in [-0.15, -0.1) is 0 Å². The molecule has 9 heteroatoms. The fourth-order valence-corrected chi connectivity index (χ4v) is 4.47. The molecule has 0 atom stereocenters. The van der Waals surface area contributed by atoms with Crippen LogP contribution in [0.3, 0.4) is 0 Å². The van der Waals surface area contributed by atoms with Gasteiger partial charge in [0.05, 0.1) is 5.69 Å². The molecule has 8 nitrogen and oxygen atoms in total. The van der Waals surface area contributed by atoms with Gasteiger partial charge in [0, 0.05) is 44.3 Å². The van der Waals surface area contributed by atoms with E-state index in [1.807, 2.05) is 0 Å². The highest BCUT2D eigenvalue weighted by Crippen LogP contribution is 2.23. The Morgan fingerprint density at radius 2 is 1.63 bits per heavy atom. The van der Waals surface area contributed by atoms with Gasteiger partial charge >= 0.3 is 5.69 Å². The number of rotatable bonds is 3.